The fourth-order valence-corrected chi connectivity index (χ4v) is 5.81. The number of carbonyl (C=O) groups is 2. The van der Waals surface area contributed by atoms with E-state index in [9.17, 15) is 31.1 Å². The van der Waals surface area contributed by atoms with Crippen LogP contribution in [0.25, 0.3) is 31.7 Å². The van der Waals surface area contributed by atoms with Crippen LogP contribution in [0.5, 0.6) is 5.88 Å². The molecule has 0 saturated carbocycles. The number of aromatic nitrogens is 3. The summed E-state index contributed by atoms with van der Waals surface area (Å²) in [6, 6.07) is 16.3. The van der Waals surface area contributed by atoms with Crippen LogP contribution < -0.4 is 20.3 Å². The van der Waals surface area contributed by atoms with Crippen molar-refractivity contribution in [3.05, 3.63) is 71.8 Å². The second kappa shape index (κ2) is 14.0. The highest BCUT2D eigenvalue weighted by Gasteiger charge is 2.38. The predicted molar refractivity (Wildman–Crippen MR) is 167 cm³/mol. The average Bonchev–Trinajstić information content (AvgIpc) is 3.44. The zero-order valence-corrected chi connectivity index (χ0v) is 25.8. The summed E-state index contributed by atoms with van der Waals surface area (Å²) in [7, 11) is 0. The van der Waals surface area contributed by atoms with E-state index in [1.807, 2.05) is 11.0 Å². The Morgan fingerprint density at radius 2 is 1.62 bits per heavy atom. The number of halogens is 6. The Morgan fingerprint density at radius 1 is 0.979 bits per heavy atom. The standard InChI is InChI=1S/C29H25F3N6O2S.C2HF3O2/c1-2-40-26-24-23(36-28(37-26)38-14-12-33-13-15-38)22-20(29(30,31)32)16-21(35-27(22)41-24)17-8-10-19(11-9-17)34-25(39)18-6-4-3-5-7-18;3-2(4,5)1(6)7/h3-11,16,33H,2,12-15H2,1H3,(H,34,39);(H,6,7). The molecule has 6 rings (SSSR count). The van der Waals surface area contributed by atoms with Crippen molar-refractivity contribution in [2.24, 2.45) is 0 Å². The number of hydrogen-bond acceptors (Lipinski definition) is 9. The monoisotopic (exact) mass is 692 g/mol. The molecule has 1 amide bonds. The number of amides is 1. The molecule has 4 heterocycles. The van der Waals surface area contributed by atoms with Gasteiger partial charge in [-0.3, -0.25) is 4.79 Å². The summed E-state index contributed by atoms with van der Waals surface area (Å²) in [6.07, 6.45) is -9.74. The lowest BCUT2D eigenvalue weighted by Crippen LogP contribution is -2.44. The molecule has 252 valence electrons. The van der Waals surface area contributed by atoms with Crippen LogP contribution in [0.15, 0.2) is 60.7 Å². The summed E-state index contributed by atoms with van der Waals surface area (Å²) in [5, 5.41) is 13.1. The Balaban J connectivity index is 0.000000582. The number of anilines is 2. The van der Waals surface area contributed by atoms with Crippen molar-refractivity contribution in [2.45, 2.75) is 19.3 Å². The van der Waals surface area contributed by atoms with E-state index in [1.165, 1.54) is 0 Å². The van der Waals surface area contributed by atoms with E-state index in [0.29, 0.717) is 47.2 Å². The number of fused-ring (bicyclic) bond motifs is 3. The molecule has 3 aromatic heterocycles. The van der Waals surface area contributed by atoms with Gasteiger partial charge in [0.15, 0.2) is 0 Å². The maximum Gasteiger partial charge on any atom is 0.490 e. The molecule has 48 heavy (non-hydrogen) atoms. The molecular formula is C31H26F6N6O4S. The number of nitrogens with zero attached hydrogens (tertiary/aromatic N) is 4. The highest BCUT2D eigenvalue weighted by atomic mass is 32.1. The second-order valence-corrected chi connectivity index (χ2v) is 11.2. The zero-order valence-electron chi connectivity index (χ0n) is 24.9. The van der Waals surface area contributed by atoms with Gasteiger partial charge in [-0.1, -0.05) is 30.3 Å². The van der Waals surface area contributed by atoms with E-state index < -0.39 is 23.9 Å². The van der Waals surface area contributed by atoms with Crippen LogP contribution in [0.1, 0.15) is 22.8 Å². The van der Waals surface area contributed by atoms with E-state index in [0.717, 1.165) is 30.5 Å². The first-order valence-electron chi connectivity index (χ1n) is 14.3. The minimum atomic E-state index is -5.08. The fraction of sp³-hybridized carbons (Fsp3) is 0.258. The first kappa shape index (κ1) is 34.3. The molecule has 3 N–H and O–H groups in total. The number of carboxylic acids is 1. The van der Waals surface area contributed by atoms with Gasteiger partial charge in [0, 0.05) is 43.0 Å². The first-order valence-corrected chi connectivity index (χ1v) is 15.2. The van der Waals surface area contributed by atoms with E-state index in [4.69, 9.17) is 14.6 Å². The van der Waals surface area contributed by atoms with Gasteiger partial charge in [-0.05, 0) is 37.3 Å². The molecule has 0 spiro atoms. The number of carbonyl (C=O) groups excluding carboxylic acids is 1. The quantitative estimate of drug-likeness (QED) is 0.168. The summed E-state index contributed by atoms with van der Waals surface area (Å²) in [6.45, 7) is 4.83. The maximum atomic E-state index is 14.5. The van der Waals surface area contributed by atoms with Crippen LogP contribution in [0.2, 0.25) is 0 Å². The number of thiophene rings is 1. The van der Waals surface area contributed by atoms with E-state index >= 15 is 0 Å². The lowest BCUT2D eigenvalue weighted by atomic mass is 10.1. The van der Waals surface area contributed by atoms with Crippen molar-refractivity contribution in [1.29, 1.82) is 0 Å². The number of ether oxygens (including phenoxy) is 1. The summed E-state index contributed by atoms with van der Waals surface area (Å²) >= 11 is 1.08. The SMILES string of the molecule is CCOc1nc(N2CCNCC2)nc2c1sc1nc(-c3ccc(NC(=O)c4ccccc4)cc3)cc(C(F)(F)F)c12.O=C(O)C(F)(F)F. The summed E-state index contributed by atoms with van der Waals surface area (Å²) in [5.41, 5.74) is 1.01. The van der Waals surface area contributed by atoms with Gasteiger partial charge in [0.25, 0.3) is 5.91 Å². The van der Waals surface area contributed by atoms with Gasteiger partial charge in [-0.2, -0.15) is 31.3 Å². The minimum Gasteiger partial charge on any atom is -0.477 e. The molecule has 1 aliphatic rings. The van der Waals surface area contributed by atoms with Gasteiger partial charge in [-0.25, -0.2) is 14.8 Å². The number of aliphatic carboxylic acids is 1. The van der Waals surface area contributed by atoms with Gasteiger partial charge in [-0.15, -0.1) is 11.3 Å². The van der Waals surface area contributed by atoms with Crippen LogP contribution in [0, 0.1) is 0 Å². The number of nitrogens with one attached hydrogen (secondary N) is 2. The van der Waals surface area contributed by atoms with E-state index in [2.05, 4.69) is 25.6 Å². The van der Waals surface area contributed by atoms with Crippen LogP contribution in [-0.2, 0) is 11.0 Å². The van der Waals surface area contributed by atoms with Crippen molar-refractivity contribution in [2.75, 3.05) is 43.0 Å². The van der Waals surface area contributed by atoms with E-state index in [1.54, 1.807) is 55.5 Å². The molecule has 17 heteroatoms. The molecule has 5 aromatic rings. The molecule has 0 aliphatic carbocycles. The smallest absolute Gasteiger partial charge is 0.477 e. The first-order chi connectivity index (χ1) is 22.8. The third kappa shape index (κ3) is 7.74. The molecule has 1 aliphatic heterocycles. The molecule has 10 nitrogen and oxygen atoms in total. The maximum absolute atomic E-state index is 14.5. The molecule has 1 saturated heterocycles. The van der Waals surface area contributed by atoms with Crippen LogP contribution in [-0.4, -0.2) is 70.9 Å². The summed E-state index contributed by atoms with van der Waals surface area (Å²) in [4.78, 5) is 37.3. The van der Waals surface area contributed by atoms with Gasteiger partial charge in [0.2, 0.25) is 11.8 Å². The number of pyridine rings is 1. The van der Waals surface area contributed by atoms with Crippen molar-refractivity contribution in [3.63, 3.8) is 0 Å². The van der Waals surface area contributed by atoms with Crippen LogP contribution in [0.4, 0.5) is 38.0 Å². The molecule has 2 aromatic carbocycles. The van der Waals surface area contributed by atoms with Gasteiger partial charge < -0.3 is 25.4 Å². The third-order valence-corrected chi connectivity index (χ3v) is 8.01. The van der Waals surface area contributed by atoms with Crippen LogP contribution >= 0.6 is 11.3 Å². The summed E-state index contributed by atoms with van der Waals surface area (Å²) < 4.78 is 81.5. The molecule has 0 atom stereocenters. The average molecular weight is 693 g/mol. The normalized spacial score (nSPS) is 13.6. The Morgan fingerprint density at radius 3 is 2.21 bits per heavy atom. The van der Waals surface area contributed by atoms with E-state index in [-0.39, 0.29) is 33.2 Å². The summed E-state index contributed by atoms with van der Waals surface area (Å²) in [5.74, 6) is -2.45. The Bertz CT molecular complexity index is 1930. The predicted octanol–water partition coefficient (Wildman–Crippen LogP) is 6.62. The number of benzene rings is 2. The zero-order chi connectivity index (χ0) is 34.6. The number of rotatable bonds is 6. The highest BCUT2D eigenvalue weighted by Crippen LogP contribution is 2.45. The van der Waals surface area contributed by atoms with Crippen molar-refractivity contribution in [3.8, 4) is 17.1 Å². The molecule has 0 unspecified atom stereocenters. The number of piperazine rings is 1. The van der Waals surface area contributed by atoms with Gasteiger partial charge in [0.1, 0.15) is 15.0 Å². The minimum absolute atomic E-state index is 0.0623. The highest BCUT2D eigenvalue weighted by molar-refractivity contribution is 7.25. The Kier molecular flexibility index (Phi) is 10.00. The van der Waals surface area contributed by atoms with Crippen LogP contribution in [0.3, 0.4) is 0 Å². The van der Waals surface area contributed by atoms with Gasteiger partial charge >= 0.3 is 18.3 Å². The third-order valence-electron chi connectivity index (χ3n) is 6.95. The Labute approximate surface area is 272 Å². The van der Waals surface area contributed by atoms with Crippen molar-refractivity contribution < 1.29 is 45.8 Å². The largest absolute Gasteiger partial charge is 0.490 e. The lowest BCUT2D eigenvalue weighted by molar-refractivity contribution is -0.192. The number of carboxylic acid groups (broad SMARTS) is 1. The lowest BCUT2D eigenvalue weighted by Gasteiger charge is -2.27. The fourth-order valence-electron chi connectivity index (χ4n) is 4.73. The van der Waals surface area contributed by atoms with Gasteiger partial charge in [0.05, 0.1) is 23.3 Å². The van der Waals surface area contributed by atoms with Crippen molar-refractivity contribution in [1.82, 2.24) is 20.3 Å². The second-order valence-electron chi connectivity index (χ2n) is 10.2. The van der Waals surface area contributed by atoms with Crippen molar-refractivity contribution >= 4 is 55.3 Å². The molecule has 0 radical (unpaired) electrons. The molecule has 0 bridgehead atoms. The Hall–Kier alpha value is -5.03. The number of hydrogen-bond donors (Lipinski definition) is 3. The molecular weight excluding hydrogens is 666 g/mol. The number of alkyl halides is 6. The molecule has 1 fully saturated rings. The topological polar surface area (TPSA) is 130 Å².